The molecule has 2 saturated heterocycles. The molecule has 45 heavy (non-hydrogen) atoms. The van der Waals surface area contributed by atoms with Crippen molar-refractivity contribution in [2.75, 3.05) is 11.9 Å². The molecule has 4 aromatic carbocycles. The van der Waals surface area contributed by atoms with E-state index in [4.69, 9.17) is 27.9 Å². The Morgan fingerprint density at radius 3 is 2.60 bits per heavy atom. The molecule has 1 spiro atoms. The summed E-state index contributed by atoms with van der Waals surface area (Å²) in [4.78, 5) is 28.2. The first-order valence-corrected chi connectivity index (χ1v) is 15.6. The molecular formula is C35H30Cl2FN3O4. The molecule has 230 valence electrons. The van der Waals surface area contributed by atoms with E-state index in [0.29, 0.717) is 35.8 Å². The number of rotatable bonds is 7. The number of amides is 1. The molecule has 0 radical (unpaired) electrons. The number of hydrogen-bond acceptors (Lipinski definition) is 5. The number of nitrogens with one attached hydrogen (secondary N) is 2. The van der Waals surface area contributed by atoms with E-state index >= 15 is 4.39 Å². The first kappa shape index (κ1) is 29.7. The van der Waals surface area contributed by atoms with Crippen LogP contribution in [0.15, 0.2) is 84.9 Å². The van der Waals surface area contributed by atoms with Crippen molar-refractivity contribution in [1.29, 1.82) is 0 Å². The highest BCUT2D eigenvalue weighted by Gasteiger charge is 2.68. The number of carbonyl (C=O) groups is 2. The molecule has 0 saturated carbocycles. The molecule has 1 amide bonds. The molecule has 3 aliphatic rings. The van der Waals surface area contributed by atoms with Crippen molar-refractivity contribution < 1.29 is 23.8 Å². The predicted molar refractivity (Wildman–Crippen MR) is 171 cm³/mol. The minimum atomic E-state index is -1.30. The molecule has 0 bridgehead atoms. The number of carboxylic acid groups (broad SMARTS) is 1. The van der Waals surface area contributed by atoms with Crippen LogP contribution >= 0.6 is 23.2 Å². The second-order valence-corrected chi connectivity index (χ2v) is 12.6. The van der Waals surface area contributed by atoms with Crippen molar-refractivity contribution in [1.82, 2.24) is 10.2 Å². The van der Waals surface area contributed by atoms with E-state index in [2.05, 4.69) is 15.5 Å². The first-order chi connectivity index (χ1) is 21.7. The van der Waals surface area contributed by atoms with Gasteiger partial charge >= 0.3 is 5.97 Å². The summed E-state index contributed by atoms with van der Waals surface area (Å²) in [5, 5.41) is 16.7. The zero-order chi connectivity index (χ0) is 31.5. The maximum atomic E-state index is 16.1. The Morgan fingerprint density at radius 1 is 1.07 bits per heavy atom. The topological polar surface area (TPSA) is 90.9 Å². The first-order valence-electron chi connectivity index (χ1n) is 14.9. The van der Waals surface area contributed by atoms with Crippen molar-refractivity contribution in [3.8, 4) is 5.75 Å². The van der Waals surface area contributed by atoms with Crippen molar-refractivity contribution >= 4 is 40.8 Å². The number of carbonyl (C=O) groups excluding carboxylic acids is 1. The van der Waals surface area contributed by atoms with Crippen LogP contribution in [0.5, 0.6) is 5.75 Å². The molecule has 5 atom stereocenters. The lowest BCUT2D eigenvalue weighted by atomic mass is 9.73. The molecule has 2 fully saturated rings. The third kappa shape index (κ3) is 4.79. The summed E-state index contributed by atoms with van der Waals surface area (Å²) in [6, 6.07) is 24.1. The van der Waals surface area contributed by atoms with Gasteiger partial charge in [0.05, 0.1) is 17.2 Å². The molecular weight excluding hydrogens is 616 g/mol. The number of halogens is 3. The Bertz CT molecular complexity index is 1820. The van der Waals surface area contributed by atoms with Gasteiger partial charge in [0, 0.05) is 46.9 Å². The number of aromatic carboxylic acids is 1. The number of carboxylic acids is 1. The smallest absolute Gasteiger partial charge is 0.335 e. The monoisotopic (exact) mass is 645 g/mol. The molecule has 0 aromatic heterocycles. The highest BCUT2D eigenvalue weighted by Crippen LogP contribution is 2.61. The summed E-state index contributed by atoms with van der Waals surface area (Å²) in [5.41, 5.74) is 2.41. The number of ether oxygens (including phenoxy) is 1. The SMILES string of the molecule is CCOc1cccc(CN2C3CC(c4ccc(C(=O)O)cc4)NC3C(c3cccc(Cl)c3F)C23C(=O)Nc2cc(Cl)ccc23)c1. The van der Waals surface area contributed by atoms with E-state index < -0.39 is 23.2 Å². The lowest BCUT2D eigenvalue weighted by molar-refractivity contribution is -0.128. The quantitative estimate of drug-likeness (QED) is 0.198. The number of nitrogens with zero attached hydrogens (tertiary/aromatic N) is 1. The van der Waals surface area contributed by atoms with Gasteiger partial charge in [0.15, 0.2) is 0 Å². The van der Waals surface area contributed by atoms with Crippen molar-refractivity contribution in [2.24, 2.45) is 0 Å². The van der Waals surface area contributed by atoms with Gasteiger partial charge in [-0.3, -0.25) is 9.69 Å². The van der Waals surface area contributed by atoms with Gasteiger partial charge in [-0.2, -0.15) is 0 Å². The van der Waals surface area contributed by atoms with Crippen molar-refractivity contribution in [3.63, 3.8) is 0 Å². The Kier molecular flexibility index (Phi) is 7.56. The number of anilines is 1. The summed E-state index contributed by atoms with van der Waals surface area (Å²) in [6.07, 6.45) is 0.596. The van der Waals surface area contributed by atoms with Crippen LogP contribution in [0.1, 0.15) is 57.9 Å². The lowest BCUT2D eigenvalue weighted by Crippen LogP contribution is -2.52. The van der Waals surface area contributed by atoms with Crippen LogP contribution in [-0.2, 0) is 16.9 Å². The van der Waals surface area contributed by atoms with Gasteiger partial charge in [-0.15, -0.1) is 0 Å². The van der Waals surface area contributed by atoms with E-state index in [1.54, 1.807) is 36.4 Å². The van der Waals surface area contributed by atoms with Crippen LogP contribution in [0, 0.1) is 5.82 Å². The van der Waals surface area contributed by atoms with Crippen LogP contribution in [0.2, 0.25) is 10.0 Å². The Labute approximate surface area is 269 Å². The van der Waals surface area contributed by atoms with Gasteiger partial charge in [0.25, 0.3) is 0 Å². The largest absolute Gasteiger partial charge is 0.494 e. The summed E-state index contributed by atoms with van der Waals surface area (Å²) < 4.78 is 21.9. The van der Waals surface area contributed by atoms with Gasteiger partial charge in [-0.05, 0) is 72.5 Å². The van der Waals surface area contributed by atoms with E-state index in [0.717, 1.165) is 22.4 Å². The summed E-state index contributed by atoms with van der Waals surface area (Å²) in [7, 11) is 0. The zero-order valence-electron chi connectivity index (χ0n) is 24.3. The average Bonchev–Trinajstić information content (AvgIpc) is 3.65. The second-order valence-electron chi connectivity index (χ2n) is 11.7. The number of likely N-dealkylation sites (tertiary alicyclic amines) is 1. The summed E-state index contributed by atoms with van der Waals surface area (Å²) in [6.45, 7) is 2.82. The van der Waals surface area contributed by atoms with Crippen LogP contribution in [-0.4, -0.2) is 40.6 Å². The fourth-order valence-electron chi connectivity index (χ4n) is 7.63. The molecule has 3 heterocycles. The summed E-state index contributed by atoms with van der Waals surface area (Å²) in [5.74, 6) is -1.77. The third-order valence-corrected chi connectivity index (χ3v) is 9.90. The van der Waals surface area contributed by atoms with Gasteiger partial charge in [0.2, 0.25) is 5.91 Å². The molecule has 5 unspecified atom stereocenters. The normalized spacial score (nSPS) is 25.3. The fourth-order valence-corrected chi connectivity index (χ4v) is 7.99. The van der Waals surface area contributed by atoms with Crippen molar-refractivity contribution in [3.05, 3.63) is 129 Å². The van der Waals surface area contributed by atoms with Crippen LogP contribution in [0.25, 0.3) is 0 Å². The Balaban J connectivity index is 1.41. The van der Waals surface area contributed by atoms with Crippen LogP contribution in [0.3, 0.4) is 0 Å². The van der Waals surface area contributed by atoms with Gasteiger partial charge in [0.1, 0.15) is 17.1 Å². The Morgan fingerprint density at radius 2 is 1.84 bits per heavy atom. The van der Waals surface area contributed by atoms with E-state index in [-0.39, 0.29) is 34.6 Å². The average molecular weight is 647 g/mol. The maximum absolute atomic E-state index is 16.1. The third-order valence-electron chi connectivity index (χ3n) is 9.37. The van der Waals surface area contributed by atoms with Crippen LogP contribution < -0.4 is 15.4 Å². The number of hydrogen-bond donors (Lipinski definition) is 3. The predicted octanol–water partition coefficient (Wildman–Crippen LogP) is 7.15. The molecule has 3 N–H and O–H groups in total. The standard InChI is InChI=1S/C35H30Cl2FN3O4/c1-2-45-23-6-3-5-19(15-23)18-41-29-17-27(20-9-11-21(12-10-20)33(42)43)39-32(29)30(24-7-4-8-26(37)31(24)38)35(41)25-14-13-22(36)16-28(25)40-34(35)44/h3-16,27,29-30,32,39H,2,17-18H2,1H3,(H,40,44)(H,42,43). The van der Waals surface area contributed by atoms with Crippen LogP contribution in [0.4, 0.5) is 10.1 Å². The fraction of sp³-hybridized carbons (Fsp3) is 0.257. The van der Waals surface area contributed by atoms with E-state index in [1.807, 2.05) is 49.4 Å². The highest BCUT2D eigenvalue weighted by atomic mass is 35.5. The molecule has 3 aliphatic heterocycles. The Hall–Kier alpha value is -3.95. The molecule has 7 nitrogen and oxygen atoms in total. The van der Waals surface area contributed by atoms with Crippen molar-refractivity contribution in [2.45, 2.75) is 49.5 Å². The molecule has 0 aliphatic carbocycles. The van der Waals surface area contributed by atoms with E-state index in [9.17, 15) is 14.7 Å². The van der Waals surface area contributed by atoms with E-state index in [1.165, 1.54) is 6.07 Å². The highest BCUT2D eigenvalue weighted by molar-refractivity contribution is 6.31. The maximum Gasteiger partial charge on any atom is 0.335 e. The number of fused-ring (bicyclic) bond motifs is 3. The van der Waals surface area contributed by atoms with Gasteiger partial charge in [-0.1, -0.05) is 65.7 Å². The molecule has 7 rings (SSSR count). The molecule has 10 heteroatoms. The van der Waals surface area contributed by atoms with Gasteiger partial charge < -0.3 is 20.5 Å². The van der Waals surface area contributed by atoms with Gasteiger partial charge in [-0.25, -0.2) is 9.18 Å². The second kappa shape index (κ2) is 11.4. The minimum absolute atomic E-state index is 0.0180. The minimum Gasteiger partial charge on any atom is -0.494 e. The number of benzene rings is 4. The molecule has 4 aromatic rings. The summed E-state index contributed by atoms with van der Waals surface area (Å²) >= 11 is 12.8. The lowest BCUT2D eigenvalue weighted by Gasteiger charge is -2.41. The zero-order valence-corrected chi connectivity index (χ0v) is 25.8.